The Bertz CT molecular complexity index is 928. The molecule has 1 N–H and O–H groups in total. The van der Waals surface area contributed by atoms with E-state index in [0.29, 0.717) is 13.0 Å². The van der Waals surface area contributed by atoms with Gasteiger partial charge in [0.25, 0.3) is 0 Å². The summed E-state index contributed by atoms with van der Waals surface area (Å²) in [6.45, 7) is 22.4. The van der Waals surface area contributed by atoms with E-state index in [0.717, 1.165) is 12.8 Å². The van der Waals surface area contributed by atoms with E-state index >= 15 is 0 Å². The maximum atomic E-state index is 14.7. The number of rotatable bonds is 11. The minimum Gasteiger partial charge on any atom is -0.465 e. The molecule has 0 aromatic carbocycles. The monoisotopic (exact) mass is 534 g/mol. The van der Waals surface area contributed by atoms with Crippen LogP contribution in [0.1, 0.15) is 67.7 Å². The first kappa shape index (κ1) is 29.8. The van der Waals surface area contributed by atoms with Crippen molar-refractivity contribution in [2.75, 3.05) is 19.8 Å². The number of ether oxygens (including phenoxy) is 1. The molecule has 2 amide bonds. The maximum Gasteiger partial charge on any atom is 0.310 e. The van der Waals surface area contributed by atoms with Crippen molar-refractivity contribution in [1.82, 2.24) is 9.80 Å². The summed E-state index contributed by atoms with van der Waals surface area (Å²) in [5, 5.41) is 10.1. The highest BCUT2D eigenvalue weighted by Gasteiger charge is 2.77. The molecule has 3 aliphatic rings. The van der Waals surface area contributed by atoms with Crippen LogP contribution in [0.5, 0.6) is 0 Å². The van der Waals surface area contributed by atoms with Crippen molar-refractivity contribution in [3.05, 3.63) is 25.3 Å². The van der Waals surface area contributed by atoms with Gasteiger partial charge in [-0.1, -0.05) is 39.8 Å². The van der Waals surface area contributed by atoms with E-state index in [1.165, 1.54) is 0 Å². The quantitative estimate of drug-likeness (QED) is 0.244. The molecular formula is C29H46N2O5S. The van der Waals surface area contributed by atoms with Crippen LogP contribution in [0.3, 0.4) is 0 Å². The number of aliphatic hydroxyl groups excluding tert-OH is 1. The van der Waals surface area contributed by atoms with Crippen LogP contribution in [-0.2, 0) is 19.1 Å². The number of carbonyl (C=O) groups excluding carboxylic acids is 3. The SMILES string of the molecule is C=CCCOC(=O)[C@@H]1[C@H]2C(=O)N([C@H](C)CO)C(C(=O)N(CC=C)C(C)(C)CC(C)(C)C)C23S[C@@H]1CC3C. The highest BCUT2D eigenvalue weighted by molar-refractivity contribution is 8.02. The largest absolute Gasteiger partial charge is 0.465 e. The maximum absolute atomic E-state index is 14.7. The summed E-state index contributed by atoms with van der Waals surface area (Å²) < 4.78 is 4.82. The lowest BCUT2D eigenvalue weighted by molar-refractivity contribution is -0.154. The molecule has 0 radical (unpaired) electrons. The molecule has 1 spiro atoms. The van der Waals surface area contributed by atoms with Crippen LogP contribution in [0, 0.1) is 23.2 Å². The molecule has 0 saturated carbocycles. The highest BCUT2D eigenvalue weighted by Crippen LogP contribution is 2.69. The van der Waals surface area contributed by atoms with Gasteiger partial charge < -0.3 is 19.6 Å². The summed E-state index contributed by atoms with van der Waals surface area (Å²) in [6, 6.07) is -1.33. The van der Waals surface area contributed by atoms with Crippen molar-refractivity contribution < 1.29 is 24.2 Å². The molecule has 7 atom stereocenters. The Morgan fingerprint density at radius 1 is 1.27 bits per heavy atom. The number of amides is 2. The zero-order chi connectivity index (χ0) is 27.9. The molecule has 0 aromatic heterocycles. The summed E-state index contributed by atoms with van der Waals surface area (Å²) in [5.74, 6) is -1.92. The fourth-order valence-electron chi connectivity index (χ4n) is 7.21. The van der Waals surface area contributed by atoms with Crippen LogP contribution >= 0.6 is 11.8 Å². The number of thioether (sulfide) groups is 1. The van der Waals surface area contributed by atoms with Crippen LogP contribution < -0.4 is 0 Å². The van der Waals surface area contributed by atoms with E-state index in [1.54, 1.807) is 35.7 Å². The molecule has 3 heterocycles. The first-order valence-electron chi connectivity index (χ1n) is 13.5. The predicted molar refractivity (Wildman–Crippen MR) is 148 cm³/mol. The summed E-state index contributed by atoms with van der Waals surface area (Å²) in [4.78, 5) is 45.5. The van der Waals surface area contributed by atoms with E-state index in [1.807, 2.05) is 4.90 Å². The van der Waals surface area contributed by atoms with Crippen LogP contribution in [0.2, 0.25) is 0 Å². The van der Waals surface area contributed by atoms with Crippen molar-refractivity contribution in [1.29, 1.82) is 0 Å². The average Bonchev–Trinajstić information content (AvgIpc) is 3.38. The van der Waals surface area contributed by atoms with Gasteiger partial charge in [0, 0.05) is 17.3 Å². The molecule has 3 unspecified atom stereocenters. The summed E-state index contributed by atoms with van der Waals surface area (Å²) >= 11 is 1.63. The normalized spacial score (nSPS) is 31.7. The number of carbonyl (C=O) groups is 3. The molecule has 3 fully saturated rings. The zero-order valence-electron chi connectivity index (χ0n) is 23.7. The third kappa shape index (κ3) is 5.12. The highest BCUT2D eigenvalue weighted by atomic mass is 32.2. The van der Waals surface area contributed by atoms with Crippen LogP contribution in [0.4, 0.5) is 0 Å². The number of fused-ring (bicyclic) bond motifs is 1. The van der Waals surface area contributed by atoms with Gasteiger partial charge in [0.2, 0.25) is 11.8 Å². The number of aliphatic hydroxyl groups is 1. The van der Waals surface area contributed by atoms with Crippen molar-refractivity contribution in [2.45, 2.75) is 95.3 Å². The van der Waals surface area contributed by atoms with Gasteiger partial charge in [-0.3, -0.25) is 14.4 Å². The van der Waals surface area contributed by atoms with Gasteiger partial charge in [-0.2, -0.15) is 0 Å². The second-order valence-electron chi connectivity index (χ2n) is 12.9. The van der Waals surface area contributed by atoms with Gasteiger partial charge in [-0.05, 0) is 51.4 Å². The third-order valence-electron chi connectivity index (χ3n) is 8.27. The third-order valence-corrected chi connectivity index (χ3v) is 10.3. The lowest BCUT2D eigenvalue weighted by Crippen LogP contribution is -2.62. The van der Waals surface area contributed by atoms with E-state index < -0.39 is 34.2 Å². The van der Waals surface area contributed by atoms with Gasteiger partial charge in [-0.25, -0.2) is 0 Å². The predicted octanol–water partition coefficient (Wildman–Crippen LogP) is 4.05. The Morgan fingerprint density at radius 3 is 2.46 bits per heavy atom. The second kappa shape index (κ2) is 10.8. The first-order chi connectivity index (χ1) is 17.2. The molecule has 3 aliphatic heterocycles. The second-order valence-corrected chi connectivity index (χ2v) is 14.4. The first-order valence-corrected chi connectivity index (χ1v) is 14.4. The van der Waals surface area contributed by atoms with Gasteiger partial charge in [0.15, 0.2) is 0 Å². The van der Waals surface area contributed by atoms with E-state index in [4.69, 9.17) is 4.74 Å². The van der Waals surface area contributed by atoms with Crippen LogP contribution in [-0.4, -0.2) is 80.1 Å². The topological polar surface area (TPSA) is 87.1 Å². The number of esters is 1. The molecule has 7 nitrogen and oxygen atoms in total. The molecule has 0 aromatic rings. The van der Waals surface area contributed by atoms with Gasteiger partial charge in [0.05, 0.1) is 35.8 Å². The Morgan fingerprint density at radius 2 is 1.92 bits per heavy atom. The minimum atomic E-state index is -0.776. The zero-order valence-corrected chi connectivity index (χ0v) is 24.5. The lowest BCUT2D eigenvalue weighted by atomic mass is 9.66. The van der Waals surface area contributed by atoms with Crippen molar-refractivity contribution >= 4 is 29.5 Å². The number of hydrogen-bond donors (Lipinski definition) is 1. The van der Waals surface area contributed by atoms with Crippen molar-refractivity contribution in [3.63, 3.8) is 0 Å². The molecule has 0 aliphatic carbocycles. The summed E-state index contributed by atoms with van der Waals surface area (Å²) in [6.07, 6.45) is 5.48. The average molecular weight is 535 g/mol. The van der Waals surface area contributed by atoms with E-state index in [-0.39, 0.29) is 47.6 Å². The van der Waals surface area contributed by atoms with E-state index in [9.17, 15) is 19.5 Å². The molecule has 2 bridgehead atoms. The van der Waals surface area contributed by atoms with Crippen LogP contribution in [0.25, 0.3) is 0 Å². The Labute approximate surface area is 227 Å². The summed E-state index contributed by atoms with van der Waals surface area (Å²) in [5.41, 5.74) is -0.523. The Kier molecular flexibility index (Phi) is 8.65. The molecule has 3 saturated heterocycles. The van der Waals surface area contributed by atoms with Crippen molar-refractivity contribution in [3.8, 4) is 0 Å². The number of likely N-dealkylation sites (tertiary alicyclic amines) is 1. The fraction of sp³-hybridized carbons (Fsp3) is 0.759. The standard InChI is InChI=1S/C29H46N2O5S/c1-10-12-14-36-26(35)21-20-15-18(3)29(37-20)22(21)24(33)31(19(4)16-32)23(29)25(34)30(13-11-2)28(8,9)17-27(5,6)7/h10-11,18-23,32H,1-2,12-17H2,3-9H3/t18?,19-,20-,21+,22+,23?,29?/m1/s1. The molecule has 37 heavy (non-hydrogen) atoms. The Hall–Kier alpha value is -1.80. The molecule has 8 heteroatoms. The van der Waals surface area contributed by atoms with Crippen LogP contribution in [0.15, 0.2) is 25.3 Å². The smallest absolute Gasteiger partial charge is 0.310 e. The summed E-state index contributed by atoms with van der Waals surface area (Å²) in [7, 11) is 0. The molecule has 208 valence electrons. The fourth-order valence-corrected chi connectivity index (χ4v) is 9.60. The van der Waals surface area contributed by atoms with Crippen molar-refractivity contribution in [2.24, 2.45) is 23.2 Å². The molecular weight excluding hydrogens is 488 g/mol. The lowest BCUT2D eigenvalue weighted by Gasteiger charge is -2.47. The van der Waals surface area contributed by atoms with E-state index in [2.05, 4.69) is 54.7 Å². The minimum absolute atomic E-state index is 0.0261. The number of hydrogen-bond acceptors (Lipinski definition) is 6. The molecule has 3 rings (SSSR count). The van der Waals surface area contributed by atoms with Gasteiger partial charge in [0.1, 0.15) is 6.04 Å². The Balaban J connectivity index is 2.09. The van der Waals surface area contributed by atoms with Gasteiger partial charge >= 0.3 is 5.97 Å². The van der Waals surface area contributed by atoms with Gasteiger partial charge in [-0.15, -0.1) is 24.9 Å². The number of nitrogens with zero attached hydrogens (tertiary/aromatic N) is 2.